The van der Waals surface area contributed by atoms with E-state index in [0.29, 0.717) is 17.4 Å². The predicted molar refractivity (Wildman–Crippen MR) is 85.1 cm³/mol. The number of sulfonamides is 1. The van der Waals surface area contributed by atoms with Crippen LogP contribution in [0, 0.1) is 0 Å². The standard InChI is InChI=1S/C14H24N2O3S2/c1-3-6-15-10-12-9-14(20-11-12)21(17,18)16(2)13-4-7-19-8-5-13/h9,11,13,15H,3-8,10H2,1-2H3. The zero-order chi connectivity index (χ0) is 15.3. The highest BCUT2D eigenvalue weighted by Crippen LogP contribution is 2.26. The van der Waals surface area contributed by atoms with E-state index in [-0.39, 0.29) is 6.04 Å². The van der Waals surface area contributed by atoms with Gasteiger partial charge in [-0.3, -0.25) is 0 Å². The Morgan fingerprint density at radius 2 is 2.14 bits per heavy atom. The Kier molecular flexibility index (Phi) is 6.19. The number of rotatable bonds is 7. The summed E-state index contributed by atoms with van der Waals surface area (Å²) in [5.74, 6) is 0. The summed E-state index contributed by atoms with van der Waals surface area (Å²) in [6.45, 7) is 5.06. The molecule has 0 aliphatic carbocycles. The monoisotopic (exact) mass is 332 g/mol. The first-order chi connectivity index (χ1) is 10.1. The maximum absolute atomic E-state index is 12.6. The summed E-state index contributed by atoms with van der Waals surface area (Å²) in [5.41, 5.74) is 1.03. The van der Waals surface area contributed by atoms with Gasteiger partial charge in [0.05, 0.1) is 0 Å². The van der Waals surface area contributed by atoms with Gasteiger partial charge in [0.1, 0.15) is 4.21 Å². The van der Waals surface area contributed by atoms with E-state index in [1.54, 1.807) is 13.1 Å². The molecule has 0 atom stereocenters. The lowest BCUT2D eigenvalue weighted by atomic mass is 10.1. The normalized spacial score (nSPS) is 17.5. The van der Waals surface area contributed by atoms with Gasteiger partial charge in [0.25, 0.3) is 10.0 Å². The van der Waals surface area contributed by atoms with Crippen molar-refractivity contribution in [2.75, 3.05) is 26.8 Å². The van der Waals surface area contributed by atoms with E-state index in [1.807, 2.05) is 5.38 Å². The van der Waals surface area contributed by atoms with Gasteiger partial charge in [-0.15, -0.1) is 11.3 Å². The van der Waals surface area contributed by atoms with Gasteiger partial charge in [-0.25, -0.2) is 8.42 Å². The zero-order valence-electron chi connectivity index (χ0n) is 12.7. The number of hydrogen-bond acceptors (Lipinski definition) is 5. The van der Waals surface area contributed by atoms with Crippen LogP contribution in [0.5, 0.6) is 0 Å². The number of hydrogen-bond donors (Lipinski definition) is 1. The summed E-state index contributed by atoms with van der Waals surface area (Å²) in [4.78, 5) is 0. The van der Waals surface area contributed by atoms with Crippen LogP contribution in [-0.2, 0) is 21.3 Å². The van der Waals surface area contributed by atoms with Crippen LogP contribution in [0.1, 0.15) is 31.7 Å². The summed E-state index contributed by atoms with van der Waals surface area (Å²) < 4.78 is 32.6. The second-order valence-corrected chi connectivity index (χ2v) is 8.45. The average molecular weight is 332 g/mol. The number of nitrogens with one attached hydrogen (secondary N) is 1. The third-order valence-corrected chi connectivity index (χ3v) is 7.10. The van der Waals surface area contributed by atoms with E-state index in [9.17, 15) is 8.42 Å². The largest absolute Gasteiger partial charge is 0.381 e. The SMILES string of the molecule is CCCNCc1csc(S(=O)(=O)N(C)C2CCOCC2)c1. The van der Waals surface area contributed by atoms with Crippen LogP contribution < -0.4 is 5.32 Å². The van der Waals surface area contributed by atoms with Crippen molar-refractivity contribution in [3.63, 3.8) is 0 Å². The Balaban J connectivity index is 2.04. The van der Waals surface area contributed by atoms with Crippen molar-refractivity contribution in [2.24, 2.45) is 0 Å². The number of ether oxygens (including phenoxy) is 1. The minimum absolute atomic E-state index is 0.0486. The van der Waals surface area contributed by atoms with Crippen molar-refractivity contribution in [3.05, 3.63) is 17.0 Å². The summed E-state index contributed by atoms with van der Waals surface area (Å²) in [5, 5.41) is 5.21. The molecule has 120 valence electrons. The molecule has 1 aromatic heterocycles. The van der Waals surface area contributed by atoms with Crippen LogP contribution >= 0.6 is 11.3 Å². The molecule has 0 unspecified atom stereocenters. The van der Waals surface area contributed by atoms with Crippen molar-refractivity contribution in [3.8, 4) is 0 Å². The highest BCUT2D eigenvalue weighted by Gasteiger charge is 2.30. The maximum atomic E-state index is 12.6. The van der Waals surface area contributed by atoms with Crippen molar-refractivity contribution >= 4 is 21.4 Å². The third-order valence-electron chi connectivity index (χ3n) is 3.72. The van der Waals surface area contributed by atoms with Gasteiger partial charge >= 0.3 is 0 Å². The van der Waals surface area contributed by atoms with Gasteiger partial charge in [0, 0.05) is 32.8 Å². The van der Waals surface area contributed by atoms with Gasteiger partial charge in [-0.05, 0) is 42.8 Å². The molecule has 0 bridgehead atoms. The van der Waals surface area contributed by atoms with E-state index in [1.165, 1.54) is 15.6 Å². The van der Waals surface area contributed by atoms with E-state index < -0.39 is 10.0 Å². The second kappa shape index (κ2) is 7.69. The molecular formula is C14H24N2O3S2. The van der Waals surface area contributed by atoms with E-state index in [2.05, 4.69) is 12.2 Å². The minimum Gasteiger partial charge on any atom is -0.381 e. The Hall–Kier alpha value is -0.470. The smallest absolute Gasteiger partial charge is 0.252 e. The Morgan fingerprint density at radius 1 is 1.43 bits per heavy atom. The summed E-state index contributed by atoms with van der Waals surface area (Å²) in [6, 6.07) is 1.84. The maximum Gasteiger partial charge on any atom is 0.252 e. The Morgan fingerprint density at radius 3 is 2.81 bits per heavy atom. The predicted octanol–water partition coefficient (Wildman–Crippen LogP) is 2.05. The highest BCUT2D eigenvalue weighted by molar-refractivity contribution is 7.91. The molecule has 2 heterocycles. The van der Waals surface area contributed by atoms with Crippen LogP contribution in [0.2, 0.25) is 0 Å². The number of thiophene rings is 1. The second-order valence-electron chi connectivity index (χ2n) is 5.32. The topological polar surface area (TPSA) is 58.6 Å². The minimum atomic E-state index is -3.38. The first-order valence-corrected chi connectivity index (χ1v) is 9.71. The fraction of sp³-hybridized carbons (Fsp3) is 0.714. The van der Waals surface area contributed by atoms with Crippen LogP contribution in [0.25, 0.3) is 0 Å². The van der Waals surface area contributed by atoms with Gasteiger partial charge in [-0.2, -0.15) is 4.31 Å². The first-order valence-electron chi connectivity index (χ1n) is 7.39. The lowest BCUT2D eigenvalue weighted by Crippen LogP contribution is -2.40. The zero-order valence-corrected chi connectivity index (χ0v) is 14.3. The van der Waals surface area contributed by atoms with Crippen molar-refractivity contribution in [1.82, 2.24) is 9.62 Å². The molecule has 1 saturated heterocycles. The van der Waals surface area contributed by atoms with Crippen LogP contribution in [0.15, 0.2) is 15.7 Å². The molecule has 2 rings (SSSR count). The average Bonchev–Trinajstić information content (AvgIpc) is 2.97. The van der Waals surface area contributed by atoms with Crippen LogP contribution in [-0.4, -0.2) is 45.6 Å². The quantitative estimate of drug-likeness (QED) is 0.777. The molecule has 7 heteroatoms. The van der Waals surface area contributed by atoms with Gasteiger partial charge in [0.15, 0.2) is 0 Å². The fourth-order valence-corrected chi connectivity index (χ4v) is 5.19. The molecule has 21 heavy (non-hydrogen) atoms. The van der Waals surface area contributed by atoms with Gasteiger partial charge in [-0.1, -0.05) is 6.92 Å². The first kappa shape index (κ1) is 16.9. The number of nitrogens with zero attached hydrogens (tertiary/aromatic N) is 1. The Labute approximate surface area is 131 Å². The molecule has 0 radical (unpaired) electrons. The lowest BCUT2D eigenvalue weighted by molar-refractivity contribution is 0.0632. The molecule has 5 nitrogen and oxygen atoms in total. The van der Waals surface area contributed by atoms with Crippen LogP contribution in [0.3, 0.4) is 0 Å². The summed E-state index contributed by atoms with van der Waals surface area (Å²) in [7, 11) is -1.70. The molecule has 0 saturated carbocycles. The molecule has 0 aromatic carbocycles. The molecule has 0 amide bonds. The van der Waals surface area contributed by atoms with E-state index in [0.717, 1.165) is 37.9 Å². The van der Waals surface area contributed by atoms with Crippen molar-refractivity contribution in [1.29, 1.82) is 0 Å². The summed E-state index contributed by atoms with van der Waals surface area (Å²) >= 11 is 1.31. The molecule has 1 N–H and O–H groups in total. The van der Waals surface area contributed by atoms with Crippen molar-refractivity contribution in [2.45, 2.75) is 43.0 Å². The fourth-order valence-electron chi connectivity index (χ4n) is 2.38. The Bertz CT molecular complexity index is 536. The van der Waals surface area contributed by atoms with Gasteiger partial charge in [0.2, 0.25) is 0 Å². The molecular weight excluding hydrogens is 308 g/mol. The molecule has 1 fully saturated rings. The summed E-state index contributed by atoms with van der Waals surface area (Å²) in [6.07, 6.45) is 2.61. The molecule has 0 spiro atoms. The molecule has 1 aliphatic heterocycles. The van der Waals surface area contributed by atoms with Gasteiger partial charge < -0.3 is 10.1 Å². The third kappa shape index (κ3) is 4.26. The highest BCUT2D eigenvalue weighted by atomic mass is 32.2. The molecule has 1 aliphatic rings. The van der Waals surface area contributed by atoms with Crippen LogP contribution in [0.4, 0.5) is 0 Å². The van der Waals surface area contributed by atoms with E-state index >= 15 is 0 Å². The lowest BCUT2D eigenvalue weighted by Gasteiger charge is -2.29. The van der Waals surface area contributed by atoms with Crippen molar-refractivity contribution < 1.29 is 13.2 Å². The van der Waals surface area contributed by atoms with E-state index in [4.69, 9.17) is 4.74 Å². The molecule has 1 aromatic rings.